The van der Waals surface area contributed by atoms with Crippen LogP contribution in [0.5, 0.6) is 0 Å². The lowest BCUT2D eigenvalue weighted by Gasteiger charge is -2.18. The number of nitrogens with zero attached hydrogens (tertiary/aromatic N) is 2. The molecule has 2 saturated carbocycles. The summed E-state index contributed by atoms with van der Waals surface area (Å²) in [7, 11) is 0. The van der Waals surface area contributed by atoms with Crippen molar-refractivity contribution in [2.75, 3.05) is 0 Å². The van der Waals surface area contributed by atoms with E-state index < -0.39 is 0 Å². The van der Waals surface area contributed by atoms with Gasteiger partial charge in [-0.25, -0.2) is 0 Å². The van der Waals surface area contributed by atoms with E-state index >= 15 is 0 Å². The van der Waals surface area contributed by atoms with Crippen molar-refractivity contribution >= 4 is 12.2 Å². The van der Waals surface area contributed by atoms with Gasteiger partial charge in [0.25, 0.3) is 0 Å². The second kappa shape index (κ2) is 6.25. The van der Waals surface area contributed by atoms with Crippen molar-refractivity contribution in [2.45, 2.75) is 39.0 Å². The monoisotopic (exact) mass is 194 g/mol. The summed E-state index contributed by atoms with van der Waals surface area (Å²) in [4.78, 5) is 16.5. The summed E-state index contributed by atoms with van der Waals surface area (Å²) in [6.45, 7) is 2.46. The van der Waals surface area contributed by atoms with Crippen LogP contribution in [0.1, 0.15) is 39.0 Å². The van der Waals surface area contributed by atoms with E-state index in [1.807, 2.05) is 0 Å². The Morgan fingerprint density at radius 2 is 1.50 bits per heavy atom. The third-order valence-corrected chi connectivity index (χ3v) is 3.09. The number of isocyanates is 2. The first-order valence-corrected chi connectivity index (χ1v) is 4.64. The van der Waals surface area contributed by atoms with Gasteiger partial charge < -0.3 is 10.8 Å². The largest absolute Gasteiger partial charge is 0.724 e. The lowest BCUT2D eigenvalue weighted by Crippen LogP contribution is -2.06. The fraction of sp³-hybridized carbons (Fsp3) is 0.800. The van der Waals surface area contributed by atoms with E-state index in [0.717, 1.165) is 11.3 Å². The van der Waals surface area contributed by atoms with Gasteiger partial charge in [-0.15, -0.1) is 0 Å². The minimum atomic E-state index is 0.500. The van der Waals surface area contributed by atoms with Crippen LogP contribution in [-0.4, -0.2) is 12.2 Å². The van der Waals surface area contributed by atoms with Crippen molar-refractivity contribution in [2.24, 2.45) is 11.3 Å². The summed E-state index contributed by atoms with van der Waals surface area (Å²) in [6.07, 6.45) is 8.68. The third kappa shape index (κ3) is 4.13. The highest BCUT2D eigenvalue weighted by Gasteiger charge is 2.40. The van der Waals surface area contributed by atoms with Gasteiger partial charge in [0.1, 0.15) is 0 Å². The van der Waals surface area contributed by atoms with Crippen LogP contribution in [0.2, 0.25) is 0 Å². The average molecular weight is 194 g/mol. The van der Waals surface area contributed by atoms with Gasteiger partial charge >= 0.3 is 0 Å². The van der Waals surface area contributed by atoms with Crippen LogP contribution in [-0.2, 0) is 9.59 Å². The van der Waals surface area contributed by atoms with E-state index in [9.17, 15) is 0 Å². The van der Waals surface area contributed by atoms with Crippen LogP contribution in [0.15, 0.2) is 0 Å². The molecule has 0 aliphatic heterocycles. The second-order valence-corrected chi connectivity index (χ2v) is 4.14. The first-order valence-electron chi connectivity index (χ1n) is 4.64. The maximum atomic E-state index is 8.24. The molecule has 0 spiro atoms. The highest BCUT2D eigenvalue weighted by Crippen LogP contribution is 2.53. The van der Waals surface area contributed by atoms with E-state index in [2.05, 4.69) is 6.92 Å². The Kier molecular flexibility index (Phi) is 5.70. The lowest BCUT2D eigenvalue weighted by atomic mass is 9.87. The Bertz CT molecular complexity index is 219. The molecule has 78 valence electrons. The van der Waals surface area contributed by atoms with E-state index in [4.69, 9.17) is 20.4 Å². The Balaban J connectivity index is 0.000000242. The molecular formula is C10H14N2O2-2. The van der Waals surface area contributed by atoms with Crippen LogP contribution in [0.3, 0.4) is 0 Å². The molecule has 4 nitrogen and oxygen atoms in total. The van der Waals surface area contributed by atoms with Gasteiger partial charge in [-0.3, -0.25) is 9.59 Å². The van der Waals surface area contributed by atoms with E-state index in [-0.39, 0.29) is 0 Å². The molecule has 2 fully saturated rings. The van der Waals surface area contributed by atoms with Crippen molar-refractivity contribution in [1.82, 2.24) is 0 Å². The highest BCUT2D eigenvalue weighted by molar-refractivity contribution is 5.37. The molecule has 0 saturated heterocycles. The van der Waals surface area contributed by atoms with Crippen LogP contribution in [0.4, 0.5) is 0 Å². The third-order valence-electron chi connectivity index (χ3n) is 3.09. The molecule has 0 heterocycles. The fourth-order valence-electron chi connectivity index (χ4n) is 2.48. The molecule has 2 bridgehead atoms. The normalized spacial score (nSPS) is 31.4. The van der Waals surface area contributed by atoms with Crippen molar-refractivity contribution in [3.8, 4) is 0 Å². The van der Waals surface area contributed by atoms with Gasteiger partial charge in [0, 0.05) is 0 Å². The van der Waals surface area contributed by atoms with Gasteiger partial charge in [0.05, 0.1) is 0 Å². The molecule has 4 heteroatoms. The first-order chi connectivity index (χ1) is 6.61. The number of hydrogen-bond acceptors (Lipinski definition) is 2. The molecule has 0 aromatic heterocycles. The number of hydrogen-bond donors (Lipinski definition) is 0. The quantitative estimate of drug-likeness (QED) is 0.438. The molecule has 2 aliphatic carbocycles. The number of rotatable bonds is 0. The van der Waals surface area contributed by atoms with Crippen LogP contribution in [0, 0.1) is 11.3 Å². The highest BCUT2D eigenvalue weighted by atomic mass is 16.1. The van der Waals surface area contributed by atoms with Crippen LogP contribution < -0.4 is 0 Å². The molecule has 2 rings (SSSR count). The fourth-order valence-corrected chi connectivity index (χ4v) is 2.48. The predicted molar refractivity (Wildman–Crippen MR) is 52.8 cm³/mol. The summed E-state index contributed by atoms with van der Waals surface area (Å²) in [5.41, 5.74) is 0.810. The Labute approximate surface area is 83.7 Å². The molecule has 0 unspecified atom stereocenters. The van der Waals surface area contributed by atoms with Crippen molar-refractivity contribution in [1.29, 1.82) is 0 Å². The molecule has 0 aromatic rings. The summed E-state index contributed by atoms with van der Waals surface area (Å²) >= 11 is 0. The maximum absolute atomic E-state index is 8.24. The average Bonchev–Trinajstić information content (AvgIpc) is 2.64. The minimum Gasteiger partial charge on any atom is -0.724 e. The summed E-state index contributed by atoms with van der Waals surface area (Å²) < 4.78 is 0. The van der Waals surface area contributed by atoms with Crippen LogP contribution >= 0.6 is 0 Å². The minimum absolute atomic E-state index is 0.500. The molecule has 14 heavy (non-hydrogen) atoms. The zero-order valence-corrected chi connectivity index (χ0v) is 8.32. The van der Waals surface area contributed by atoms with E-state index in [0.29, 0.717) is 12.2 Å². The predicted octanol–water partition coefficient (Wildman–Crippen LogP) is 2.37. The van der Waals surface area contributed by atoms with Crippen molar-refractivity contribution < 1.29 is 9.59 Å². The van der Waals surface area contributed by atoms with Crippen molar-refractivity contribution in [3.63, 3.8) is 0 Å². The summed E-state index contributed by atoms with van der Waals surface area (Å²) in [5, 5.41) is 13.5. The van der Waals surface area contributed by atoms with Gasteiger partial charge in [-0.05, 0) is 55.6 Å². The lowest BCUT2D eigenvalue weighted by molar-refractivity contribution is 0.332. The summed E-state index contributed by atoms with van der Waals surface area (Å²) in [6, 6.07) is 0. The SMILES string of the molecule is CC12CCC(CC1)C2.[N-]=C=O.[N-]=C=O. The van der Waals surface area contributed by atoms with Gasteiger partial charge in [-0.2, -0.15) is 0 Å². The zero-order valence-electron chi connectivity index (χ0n) is 8.32. The molecule has 0 aromatic carbocycles. The van der Waals surface area contributed by atoms with Gasteiger partial charge in [0.2, 0.25) is 0 Å². The first kappa shape index (κ1) is 12.8. The molecule has 0 atom stereocenters. The molecule has 0 N–H and O–H groups in total. The summed E-state index contributed by atoms with van der Waals surface area (Å²) in [5.74, 6) is 1.14. The van der Waals surface area contributed by atoms with E-state index in [1.54, 1.807) is 6.42 Å². The van der Waals surface area contributed by atoms with E-state index in [1.165, 1.54) is 25.7 Å². The number of carbonyl (C=O) groups excluding carboxylic acids is 2. The van der Waals surface area contributed by atoms with Gasteiger partial charge in [0.15, 0.2) is 0 Å². The smallest absolute Gasteiger partial charge is 0.0159 e. The van der Waals surface area contributed by atoms with Crippen molar-refractivity contribution in [3.05, 3.63) is 10.8 Å². The Morgan fingerprint density at radius 1 is 1.14 bits per heavy atom. The maximum Gasteiger partial charge on any atom is -0.0159 e. The standard InChI is InChI=1S/C8H14.2CNO/c1-8-4-2-7(6-8)3-5-8;2*2-1-3/h7H,2-6H2,1H3;;/q;2*-1. The molecule has 0 amide bonds. The number of fused-ring (bicyclic) bond motifs is 2. The van der Waals surface area contributed by atoms with Gasteiger partial charge in [-0.1, -0.05) is 6.92 Å². The second-order valence-electron chi connectivity index (χ2n) is 4.14. The molecule has 2 aliphatic rings. The Morgan fingerprint density at radius 3 is 1.57 bits per heavy atom. The van der Waals surface area contributed by atoms with Crippen LogP contribution in [0.25, 0.3) is 10.8 Å². The zero-order chi connectivity index (χ0) is 11.0. The Hall–Kier alpha value is -1.24. The topological polar surface area (TPSA) is 78.7 Å². The molecular weight excluding hydrogens is 180 g/mol. The molecule has 0 radical (unpaired) electrons.